The van der Waals surface area contributed by atoms with E-state index in [4.69, 9.17) is 10.00 Å². The van der Waals surface area contributed by atoms with Crippen molar-refractivity contribution in [3.8, 4) is 6.07 Å². The number of carbonyl (C=O) groups excluding carboxylic acids is 1. The number of nitrogens with one attached hydrogen (secondary N) is 1. The van der Waals surface area contributed by atoms with Crippen LogP contribution in [-0.2, 0) is 16.0 Å². The van der Waals surface area contributed by atoms with Crippen LogP contribution in [0, 0.1) is 11.3 Å². The highest BCUT2D eigenvalue weighted by Gasteiger charge is 2.23. The normalized spacial score (nSPS) is 22.5. The summed E-state index contributed by atoms with van der Waals surface area (Å²) >= 11 is 0. The highest BCUT2D eigenvalue weighted by Crippen LogP contribution is 2.12. The van der Waals surface area contributed by atoms with E-state index in [0.717, 1.165) is 24.3 Å². The van der Waals surface area contributed by atoms with Gasteiger partial charge in [0.1, 0.15) is 0 Å². The largest absolute Gasteiger partial charge is 0.373 e. The van der Waals surface area contributed by atoms with E-state index in [1.807, 2.05) is 38.1 Å². The van der Waals surface area contributed by atoms with Crippen molar-refractivity contribution in [3.05, 3.63) is 29.8 Å². The van der Waals surface area contributed by atoms with Crippen molar-refractivity contribution in [1.82, 2.24) is 4.90 Å². The number of nitrogens with zero attached hydrogens (tertiary/aromatic N) is 2. The Balaban J connectivity index is 1.85. The van der Waals surface area contributed by atoms with Crippen molar-refractivity contribution in [2.24, 2.45) is 0 Å². The van der Waals surface area contributed by atoms with Gasteiger partial charge in [0.2, 0.25) is 5.91 Å². The van der Waals surface area contributed by atoms with E-state index in [1.54, 1.807) is 0 Å². The second-order valence-corrected chi connectivity index (χ2v) is 5.53. The maximum absolute atomic E-state index is 12.1. The van der Waals surface area contributed by atoms with Gasteiger partial charge in [-0.05, 0) is 31.5 Å². The molecule has 0 unspecified atom stereocenters. The fourth-order valence-corrected chi connectivity index (χ4v) is 2.61. The molecule has 1 fully saturated rings. The van der Waals surface area contributed by atoms with Gasteiger partial charge in [-0.1, -0.05) is 12.1 Å². The molecule has 1 aliphatic heterocycles. The van der Waals surface area contributed by atoms with Gasteiger partial charge in [0.15, 0.2) is 0 Å². The Hall–Kier alpha value is -1.90. The first-order valence-electron chi connectivity index (χ1n) is 7.20. The molecule has 1 aromatic carbocycles. The lowest BCUT2D eigenvalue weighted by Gasteiger charge is -2.34. The van der Waals surface area contributed by atoms with Gasteiger partial charge >= 0.3 is 0 Å². The SMILES string of the molecule is C[C@H]1CN(CC(=O)Nc2ccc(CC#N)cc2)C[C@H](C)O1. The van der Waals surface area contributed by atoms with Crippen LogP contribution in [0.25, 0.3) is 0 Å². The maximum Gasteiger partial charge on any atom is 0.238 e. The number of amides is 1. The number of rotatable bonds is 4. The van der Waals surface area contributed by atoms with E-state index in [-0.39, 0.29) is 18.1 Å². The quantitative estimate of drug-likeness (QED) is 0.917. The topological polar surface area (TPSA) is 65.4 Å². The zero-order valence-electron chi connectivity index (χ0n) is 12.5. The summed E-state index contributed by atoms with van der Waals surface area (Å²) in [5.41, 5.74) is 1.71. The van der Waals surface area contributed by atoms with Gasteiger partial charge < -0.3 is 10.1 Å². The number of anilines is 1. The summed E-state index contributed by atoms with van der Waals surface area (Å²) in [6, 6.07) is 9.48. The van der Waals surface area contributed by atoms with Crippen LogP contribution in [0.2, 0.25) is 0 Å². The summed E-state index contributed by atoms with van der Waals surface area (Å²) in [4.78, 5) is 14.2. The minimum atomic E-state index is -0.0238. The van der Waals surface area contributed by atoms with E-state index in [9.17, 15) is 4.79 Å². The predicted molar refractivity (Wildman–Crippen MR) is 80.8 cm³/mol. The van der Waals surface area contributed by atoms with Crippen LogP contribution < -0.4 is 5.32 Å². The molecule has 0 bridgehead atoms. The molecule has 112 valence electrons. The van der Waals surface area contributed by atoms with Gasteiger partial charge in [0, 0.05) is 18.8 Å². The van der Waals surface area contributed by atoms with Crippen LogP contribution in [0.15, 0.2) is 24.3 Å². The third-order valence-corrected chi connectivity index (χ3v) is 3.38. The van der Waals surface area contributed by atoms with Crippen molar-refractivity contribution in [3.63, 3.8) is 0 Å². The lowest BCUT2D eigenvalue weighted by molar-refractivity contribution is -0.121. The van der Waals surface area contributed by atoms with Crippen molar-refractivity contribution in [2.75, 3.05) is 25.0 Å². The number of carbonyl (C=O) groups is 1. The molecule has 1 amide bonds. The summed E-state index contributed by atoms with van der Waals surface area (Å²) < 4.78 is 5.65. The van der Waals surface area contributed by atoms with Crippen LogP contribution in [0.5, 0.6) is 0 Å². The molecule has 5 heteroatoms. The monoisotopic (exact) mass is 287 g/mol. The van der Waals surface area contributed by atoms with E-state index < -0.39 is 0 Å². The van der Waals surface area contributed by atoms with Crippen molar-refractivity contribution in [1.29, 1.82) is 5.26 Å². The van der Waals surface area contributed by atoms with E-state index >= 15 is 0 Å². The molecule has 0 radical (unpaired) electrons. The molecule has 5 nitrogen and oxygen atoms in total. The summed E-state index contributed by atoms with van der Waals surface area (Å²) in [5, 5.41) is 11.5. The lowest BCUT2D eigenvalue weighted by atomic mass is 10.1. The smallest absolute Gasteiger partial charge is 0.238 e. The molecule has 1 aromatic rings. The molecule has 0 spiro atoms. The average Bonchev–Trinajstić information content (AvgIpc) is 2.40. The number of benzene rings is 1. The fourth-order valence-electron chi connectivity index (χ4n) is 2.61. The van der Waals surface area contributed by atoms with Gasteiger partial charge in [0.25, 0.3) is 0 Å². The first kappa shape index (κ1) is 15.5. The van der Waals surface area contributed by atoms with E-state index in [1.165, 1.54) is 0 Å². The minimum absolute atomic E-state index is 0.0238. The summed E-state index contributed by atoms with van der Waals surface area (Å²) in [6.07, 6.45) is 0.705. The van der Waals surface area contributed by atoms with Crippen molar-refractivity contribution in [2.45, 2.75) is 32.5 Å². The highest BCUT2D eigenvalue weighted by molar-refractivity contribution is 5.92. The molecular weight excluding hydrogens is 266 g/mol. The van der Waals surface area contributed by atoms with Crippen LogP contribution >= 0.6 is 0 Å². The Kier molecular flexibility index (Phi) is 5.32. The van der Waals surface area contributed by atoms with Gasteiger partial charge in [0.05, 0.1) is 31.2 Å². The molecule has 0 saturated carbocycles. The maximum atomic E-state index is 12.1. The molecule has 2 rings (SSSR count). The van der Waals surface area contributed by atoms with E-state index in [2.05, 4.69) is 16.3 Å². The molecular formula is C16H21N3O2. The molecule has 2 atom stereocenters. The highest BCUT2D eigenvalue weighted by atomic mass is 16.5. The molecule has 1 heterocycles. The van der Waals surface area contributed by atoms with Crippen molar-refractivity contribution < 1.29 is 9.53 Å². The van der Waals surface area contributed by atoms with Gasteiger partial charge in [-0.2, -0.15) is 5.26 Å². The summed E-state index contributed by atoms with van der Waals surface area (Å²) in [5.74, 6) is -0.0238. The predicted octanol–water partition coefficient (Wildman–Crippen LogP) is 1.80. The third kappa shape index (κ3) is 4.85. The van der Waals surface area contributed by atoms with Crippen LogP contribution in [-0.4, -0.2) is 42.6 Å². The zero-order valence-corrected chi connectivity index (χ0v) is 12.5. The fraction of sp³-hybridized carbons (Fsp3) is 0.500. The number of ether oxygens (including phenoxy) is 1. The second kappa shape index (κ2) is 7.21. The molecule has 0 aliphatic carbocycles. The molecule has 1 saturated heterocycles. The first-order valence-corrected chi connectivity index (χ1v) is 7.20. The second-order valence-electron chi connectivity index (χ2n) is 5.53. The third-order valence-electron chi connectivity index (χ3n) is 3.38. The van der Waals surface area contributed by atoms with Crippen molar-refractivity contribution >= 4 is 11.6 Å². The number of hydrogen-bond acceptors (Lipinski definition) is 4. The van der Waals surface area contributed by atoms with Crippen LogP contribution in [0.3, 0.4) is 0 Å². The van der Waals surface area contributed by atoms with Gasteiger partial charge in [-0.3, -0.25) is 9.69 Å². The average molecular weight is 287 g/mol. The Bertz CT molecular complexity index is 511. The lowest BCUT2D eigenvalue weighted by Crippen LogP contribution is -2.48. The van der Waals surface area contributed by atoms with Crippen LogP contribution in [0.1, 0.15) is 19.4 Å². The Morgan fingerprint density at radius 1 is 1.33 bits per heavy atom. The molecule has 0 aromatic heterocycles. The molecule has 1 N–H and O–H groups in total. The molecule has 21 heavy (non-hydrogen) atoms. The summed E-state index contributed by atoms with van der Waals surface area (Å²) in [6.45, 7) is 5.97. The van der Waals surface area contributed by atoms with Gasteiger partial charge in [-0.15, -0.1) is 0 Å². The minimum Gasteiger partial charge on any atom is -0.373 e. The Morgan fingerprint density at radius 3 is 2.52 bits per heavy atom. The first-order chi connectivity index (χ1) is 10.1. The summed E-state index contributed by atoms with van der Waals surface area (Å²) in [7, 11) is 0. The number of nitriles is 1. The van der Waals surface area contributed by atoms with E-state index in [0.29, 0.717) is 13.0 Å². The number of hydrogen-bond donors (Lipinski definition) is 1. The number of morpholine rings is 1. The Labute approximate surface area is 125 Å². The Morgan fingerprint density at radius 2 is 1.95 bits per heavy atom. The van der Waals surface area contributed by atoms with Crippen LogP contribution in [0.4, 0.5) is 5.69 Å². The molecule has 1 aliphatic rings. The zero-order chi connectivity index (χ0) is 15.2. The van der Waals surface area contributed by atoms with Gasteiger partial charge in [-0.25, -0.2) is 0 Å². The standard InChI is InChI=1S/C16H21N3O2/c1-12-9-19(10-13(2)21-12)11-16(20)18-15-5-3-14(4-6-15)7-8-17/h3-6,12-13H,7,9-11H2,1-2H3,(H,18,20)/t12-,13-/m0/s1.